The fraction of sp³-hybridized carbons (Fsp3) is 0.0541. The van der Waals surface area contributed by atoms with Crippen LogP contribution in [0.15, 0.2) is 109 Å². The van der Waals surface area contributed by atoms with Crippen LogP contribution in [0.25, 0.3) is 43.1 Å². The topological polar surface area (TPSA) is 70.2 Å². The van der Waals surface area contributed by atoms with E-state index in [1.54, 1.807) is 12.1 Å². The van der Waals surface area contributed by atoms with Crippen LogP contribution in [0.1, 0.15) is 20.7 Å². The van der Waals surface area contributed by atoms with E-state index < -0.39 is 18.5 Å². The van der Waals surface area contributed by atoms with Crippen LogP contribution in [0.5, 0.6) is 0 Å². The van der Waals surface area contributed by atoms with E-state index >= 15 is 0 Å². The quantitative estimate of drug-likeness (QED) is 0.0909. The zero-order valence-electron chi connectivity index (χ0n) is 23.4. The first-order chi connectivity index (χ1) is 21.7. The van der Waals surface area contributed by atoms with Gasteiger partial charge in [-0.2, -0.15) is 0 Å². The van der Waals surface area contributed by atoms with E-state index in [1.807, 2.05) is 24.3 Å². The molecule has 0 bridgehead atoms. The minimum Gasteiger partial charge on any atom is -0.446 e. The number of rotatable bonds is 5. The number of hydrogen-bond acceptors (Lipinski definition) is 6. The van der Waals surface area contributed by atoms with E-state index in [1.165, 1.54) is 0 Å². The molecule has 7 aromatic carbocycles. The molecule has 2 amide bonds. The van der Waals surface area contributed by atoms with Crippen LogP contribution in [0.3, 0.4) is 0 Å². The highest BCUT2D eigenvalue weighted by molar-refractivity contribution is 6.40. The minimum atomic E-state index is -0.471. The van der Waals surface area contributed by atoms with Crippen LogP contribution in [-0.4, -0.2) is 36.6 Å². The number of ether oxygens (including phenoxy) is 1. The van der Waals surface area contributed by atoms with E-state index in [2.05, 4.69) is 82.6 Å². The molecule has 0 unspecified atom stereocenters. The third kappa shape index (κ3) is 3.18. The maximum absolute atomic E-state index is 13.5. The molecule has 0 saturated heterocycles. The maximum Gasteiger partial charge on any atom is 0.294 e. The standard InChI is InChI=1S/C37H23N3O4/c41-21-44-20-40-36(42)28-13-11-24-26-15-17-30-35-31(18-16-27(33(26)35)25-12-14-29(37(40)43)34(28)32(24)25)39(23-9-5-2-6-10-23)19-38(30)22-7-3-1-4-8-22/h1-18,21H,19-20H2. The largest absolute Gasteiger partial charge is 0.446 e. The summed E-state index contributed by atoms with van der Waals surface area (Å²) in [5.74, 6) is -0.942. The van der Waals surface area contributed by atoms with E-state index in [-0.39, 0.29) is 6.47 Å². The lowest BCUT2D eigenvalue weighted by Crippen LogP contribution is -2.41. The maximum atomic E-state index is 13.5. The van der Waals surface area contributed by atoms with Gasteiger partial charge in [-0.05, 0) is 75.5 Å². The molecule has 210 valence electrons. The zero-order chi connectivity index (χ0) is 29.5. The van der Waals surface area contributed by atoms with Crippen molar-refractivity contribution in [3.63, 3.8) is 0 Å². The number of para-hydroxylation sites is 2. The van der Waals surface area contributed by atoms with E-state index in [0.29, 0.717) is 23.2 Å². The summed E-state index contributed by atoms with van der Waals surface area (Å²) in [5.41, 5.74) is 5.32. The molecule has 2 heterocycles. The summed E-state index contributed by atoms with van der Waals surface area (Å²) < 4.78 is 4.80. The van der Waals surface area contributed by atoms with Gasteiger partial charge in [-0.15, -0.1) is 0 Å². The van der Waals surface area contributed by atoms with Crippen molar-refractivity contribution in [3.05, 3.63) is 120 Å². The molecular formula is C37H23N3O4. The van der Waals surface area contributed by atoms with E-state index in [0.717, 1.165) is 65.4 Å². The molecule has 0 radical (unpaired) electrons. The molecule has 2 aliphatic rings. The Bertz CT molecular complexity index is 2190. The van der Waals surface area contributed by atoms with Gasteiger partial charge in [-0.3, -0.25) is 14.4 Å². The van der Waals surface area contributed by atoms with Crippen molar-refractivity contribution in [2.75, 3.05) is 23.2 Å². The van der Waals surface area contributed by atoms with Gasteiger partial charge >= 0.3 is 0 Å². The molecule has 7 nitrogen and oxygen atoms in total. The van der Waals surface area contributed by atoms with Gasteiger partial charge in [0.05, 0.1) is 18.0 Å². The molecule has 7 heteroatoms. The Morgan fingerprint density at radius 1 is 0.545 bits per heavy atom. The summed E-state index contributed by atoms with van der Waals surface area (Å²) in [6.07, 6.45) is 0. The second-order valence-corrected chi connectivity index (χ2v) is 11.2. The number of carbonyl (C=O) groups is 3. The van der Waals surface area contributed by atoms with Crippen molar-refractivity contribution < 1.29 is 19.1 Å². The normalized spacial score (nSPS) is 14.4. The lowest BCUT2D eigenvalue weighted by atomic mass is 9.84. The van der Waals surface area contributed by atoms with Crippen LogP contribution >= 0.6 is 0 Å². The second kappa shape index (κ2) is 9.02. The molecule has 0 spiro atoms. The molecule has 0 aromatic heterocycles. The summed E-state index contributed by atoms with van der Waals surface area (Å²) in [5, 5.41) is 7.93. The highest BCUT2D eigenvalue weighted by Crippen LogP contribution is 2.51. The summed E-state index contributed by atoms with van der Waals surface area (Å²) in [6, 6.07) is 37.1. The van der Waals surface area contributed by atoms with Crippen LogP contribution in [0.4, 0.5) is 22.7 Å². The van der Waals surface area contributed by atoms with Gasteiger partial charge in [0.1, 0.15) is 0 Å². The minimum absolute atomic E-state index is 0.239. The molecule has 0 atom stereocenters. The summed E-state index contributed by atoms with van der Waals surface area (Å²) in [6.45, 7) is 0.473. The fourth-order valence-corrected chi connectivity index (χ4v) is 7.22. The van der Waals surface area contributed by atoms with Gasteiger partial charge in [-0.25, -0.2) is 4.90 Å². The van der Waals surface area contributed by atoms with Crippen LogP contribution in [0, 0.1) is 0 Å². The lowest BCUT2D eigenvalue weighted by Gasteiger charge is -2.40. The fourth-order valence-electron chi connectivity index (χ4n) is 7.22. The van der Waals surface area contributed by atoms with E-state index in [9.17, 15) is 14.4 Å². The number of fused-ring (bicyclic) bond motifs is 2. The van der Waals surface area contributed by atoms with Gasteiger partial charge in [0.2, 0.25) is 0 Å². The molecule has 0 aliphatic carbocycles. The predicted molar refractivity (Wildman–Crippen MR) is 172 cm³/mol. The summed E-state index contributed by atoms with van der Waals surface area (Å²) in [7, 11) is 0. The molecule has 0 saturated carbocycles. The third-order valence-electron chi connectivity index (χ3n) is 9.08. The van der Waals surface area contributed by atoms with Gasteiger partial charge in [-0.1, -0.05) is 60.7 Å². The van der Waals surface area contributed by atoms with Gasteiger partial charge in [0.25, 0.3) is 18.3 Å². The molecule has 44 heavy (non-hydrogen) atoms. The van der Waals surface area contributed by atoms with Crippen molar-refractivity contribution in [1.82, 2.24) is 4.90 Å². The van der Waals surface area contributed by atoms with Gasteiger partial charge in [0.15, 0.2) is 6.73 Å². The Hall–Kier alpha value is -5.95. The number of amides is 2. The van der Waals surface area contributed by atoms with Crippen molar-refractivity contribution in [2.24, 2.45) is 0 Å². The Morgan fingerprint density at radius 2 is 1.00 bits per heavy atom. The SMILES string of the molecule is O=COCN1C(=O)c2ccc3c4ccc5c6c(ccc(c7ccc(c2c37)C1=O)c64)N(c1ccccc1)CN5c1ccccc1. The van der Waals surface area contributed by atoms with Crippen molar-refractivity contribution in [3.8, 4) is 0 Å². The Kier molecular flexibility index (Phi) is 5.05. The number of anilines is 4. The molecule has 9 rings (SSSR count). The monoisotopic (exact) mass is 573 g/mol. The van der Waals surface area contributed by atoms with Crippen molar-refractivity contribution >= 4 is 84.1 Å². The highest BCUT2D eigenvalue weighted by atomic mass is 16.5. The Morgan fingerprint density at radius 3 is 1.48 bits per heavy atom. The number of hydrogen-bond donors (Lipinski definition) is 0. The van der Waals surface area contributed by atoms with E-state index in [4.69, 9.17) is 4.74 Å². The smallest absolute Gasteiger partial charge is 0.294 e. The van der Waals surface area contributed by atoms with Crippen molar-refractivity contribution in [1.29, 1.82) is 0 Å². The van der Waals surface area contributed by atoms with Crippen molar-refractivity contribution in [2.45, 2.75) is 0 Å². The van der Waals surface area contributed by atoms with Crippen LogP contribution in [-0.2, 0) is 9.53 Å². The molecule has 0 fully saturated rings. The lowest BCUT2D eigenvalue weighted by molar-refractivity contribution is -0.131. The summed E-state index contributed by atoms with van der Waals surface area (Å²) in [4.78, 5) is 43.4. The van der Waals surface area contributed by atoms with Crippen LogP contribution < -0.4 is 9.80 Å². The first kappa shape index (κ1) is 24.6. The van der Waals surface area contributed by atoms with Crippen LogP contribution in [0.2, 0.25) is 0 Å². The number of nitrogens with zero attached hydrogens (tertiary/aromatic N) is 3. The third-order valence-corrected chi connectivity index (χ3v) is 9.08. The first-order valence-corrected chi connectivity index (χ1v) is 14.4. The zero-order valence-corrected chi connectivity index (χ0v) is 23.4. The molecule has 0 N–H and O–H groups in total. The van der Waals surface area contributed by atoms with Gasteiger partial charge < -0.3 is 14.5 Å². The first-order valence-electron chi connectivity index (χ1n) is 14.4. The average Bonchev–Trinajstić information content (AvgIpc) is 3.08. The average molecular weight is 574 g/mol. The van der Waals surface area contributed by atoms with Gasteiger partial charge in [0, 0.05) is 38.7 Å². The second-order valence-electron chi connectivity index (χ2n) is 11.2. The summed E-state index contributed by atoms with van der Waals surface area (Å²) >= 11 is 0. The molecule has 7 aromatic rings. The predicted octanol–water partition coefficient (Wildman–Crippen LogP) is 7.71. The Labute approximate surface area is 251 Å². The molecular weight excluding hydrogens is 550 g/mol. The number of carbonyl (C=O) groups excluding carboxylic acids is 3. The number of benzene rings is 7. The highest BCUT2D eigenvalue weighted by Gasteiger charge is 2.35. The Balaban J connectivity index is 1.38. The number of imide groups is 1. The molecule has 2 aliphatic heterocycles.